The van der Waals surface area contributed by atoms with Gasteiger partial charge in [0.15, 0.2) is 0 Å². The number of carbonyl (C=O) groups excluding carboxylic acids is 3. The number of esters is 2. The molecule has 0 aliphatic carbocycles. The zero-order valence-corrected chi connectivity index (χ0v) is 13.3. The van der Waals surface area contributed by atoms with Gasteiger partial charge in [0.2, 0.25) is 0 Å². The average Bonchev–Trinajstić information content (AvgIpc) is 2.77. The molecule has 0 unspecified atom stereocenters. The van der Waals surface area contributed by atoms with Gasteiger partial charge in [0.1, 0.15) is 19.0 Å². The highest BCUT2D eigenvalue weighted by Crippen LogP contribution is 2.27. The van der Waals surface area contributed by atoms with Gasteiger partial charge < -0.3 is 9.47 Å². The molecule has 1 fully saturated rings. The predicted molar refractivity (Wildman–Crippen MR) is 82.0 cm³/mol. The predicted octanol–water partition coefficient (Wildman–Crippen LogP) is 2.52. The van der Waals surface area contributed by atoms with Crippen molar-refractivity contribution in [3.8, 4) is 0 Å². The molecule has 0 aromatic carbocycles. The van der Waals surface area contributed by atoms with E-state index in [0.29, 0.717) is 11.1 Å². The van der Waals surface area contributed by atoms with E-state index in [9.17, 15) is 14.4 Å². The van der Waals surface area contributed by atoms with E-state index in [1.54, 1.807) is 6.92 Å². The van der Waals surface area contributed by atoms with Crippen LogP contribution in [0.25, 0.3) is 0 Å². The molecule has 0 radical (unpaired) electrons. The van der Waals surface area contributed by atoms with E-state index in [-0.39, 0.29) is 12.5 Å². The summed E-state index contributed by atoms with van der Waals surface area (Å²) in [7, 11) is 0. The molecule has 5 heteroatoms. The molecule has 1 heterocycles. The van der Waals surface area contributed by atoms with Gasteiger partial charge in [-0.25, -0.2) is 4.79 Å². The molecule has 1 aliphatic heterocycles. The van der Waals surface area contributed by atoms with Crippen LogP contribution in [0, 0.1) is 5.92 Å². The van der Waals surface area contributed by atoms with Crippen molar-refractivity contribution in [2.75, 3.05) is 6.61 Å². The molecule has 120 valence electrons. The van der Waals surface area contributed by atoms with Gasteiger partial charge in [0.05, 0.1) is 5.92 Å². The lowest BCUT2D eigenvalue weighted by atomic mass is 9.94. The summed E-state index contributed by atoms with van der Waals surface area (Å²) < 4.78 is 10.2. The van der Waals surface area contributed by atoms with Gasteiger partial charge in [-0.15, -0.1) is 0 Å². The third-order valence-corrected chi connectivity index (χ3v) is 3.44. The van der Waals surface area contributed by atoms with Crippen molar-refractivity contribution < 1.29 is 23.9 Å². The fraction of sp³-hybridized carbons (Fsp3) is 0.471. The highest BCUT2D eigenvalue weighted by atomic mass is 16.6. The molecule has 2 atom stereocenters. The third-order valence-electron chi connectivity index (χ3n) is 3.44. The number of ether oxygens (including phenoxy) is 2. The Bertz CT molecular complexity index is 527. The Morgan fingerprint density at radius 3 is 2.64 bits per heavy atom. The van der Waals surface area contributed by atoms with Gasteiger partial charge in [0.25, 0.3) is 0 Å². The molecule has 0 N–H and O–H groups in total. The van der Waals surface area contributed by atoms with Gasteiger partial charge in [0, 0.05) is 12.5 Å². The summed E-state index contributed by atoms with van der Waals surface area (Å²) in [5.41, 5.74) is 2.02. The smallest absolute Gasteiger partial charge is 0.333 e. The number of carbonyl (C=O) groups is 3. The molecule has 1 aliphatic rings. The van der Waals surface area contributed by atoms with Crippen molar-refractivity contribution in [2.24, 2.45) is 5.92 Å². The largest absolute Gasteiger partial charge is 0.462 e. The fourth-order valence-corrected chi connectivity index (χ4v) is 2.17. The molecule has 0 spiro atoms. The number of cyclic esters (lactones) is 1. The Morgan fingerprint density at radius 1 is 1.45 bits per heavy atom. The van der Waals surface area contributed by atoms with E-state index in [1.165, 1.54) is 6.92 Å². The summed E-state index contributed by atoms with van der Waals surface area (Å²) in [5.74, 6) is -1.21. The topological polar surface area (TPSA) is 69.7 Å². The molecule has 0 bridgehead atoms. The maximum absolute atomic E-state index is 11.4. The van der Waals surface area contributed by atoms with Crippen LogP contribution in [0.3, 0.4) is 0 Å². The van der Waals surface area contributed by atoms with E-state index >= 15 is 0 Å². The first kappa shape index (κ1) is 17.9. The minimum absolute atomic E-state index is 0.170. The number of rotatable bonds is 7. The SMILES string of the molecule is C=C1C(=O)OC[C@@H]1[C@@H](/C=C(\C)CC/C=C(\C)C=O)OC(C)=O. The molecule has 0 aromatic rings. The van der Waals surface area contributed by atoms with E-state index in [4.69, 9.17) is 9.47 Å². The molecule has 1 saturated heterocycles. The van der Waals surface area contributed by atoms with Gasteiger partial charge in [-0.2, -0.15) is 0 Å². The first-order valence-electron chi connectivity index (χ1n) is 7.17. The normalized spacial score (nSPS) is 20.6. The maximum Gasteiger partial charge on any atom is 0.333 e. The number of aldehydes is 1. The van der Waals surface area contributed by atoms with Crippen LogP contribution in [-0.2, 0) is 23.9 Å². The molecule has 1 rings (SSSR count). The van der Waals surface area contributed by atoms with E-state index in [2.05, 4.69) is 6.58 Å². The first-order valence-corrected chi connectivity index (χ1v) is 7.17. The number of hydrogen-bond acceptors (Lipinski definition) is 5. The van der Waals surface area contributed by atoms with Gasteiger partial charge in [-0.1, -0.05) is 18.2 Å². The van der Waals surface area contributed by atoms with Crippen molar-refractivity contribution in [2.45, 2.75) is 39.7 Å². The van der Waals surface area contributed by atoms with Crippen LogP contribution in [0.5, 0.6) is 0 Å². The van der Waals surface area contributed by atoms with Crippen molar-refractivity contribution in [1.82, 2.24) is 0 Å². The van der Waals surface area contributed by atoms with E-state index in [1.807, 2.05) is 19.1 Å². The Kier molecular flexibility index (Phi) is 6.76. The van der Waals surface area contributed by atoms with Gasteiger partial charge in [-0.3, -0.25) is 9.59 Å². The average molecular weight is 306 g/mol. The highest BCUT2D eigenvalue weighted by molar-refractivity contribution is 5.90. The van der Waals surface area contributed by atoms with Gasteiger partial charge in [-0.05, 0) is 38.3 Å². The lowest BCUT2D eigenvalue weighted by molar-refractivity contribution is -0.145. The minimum atomic E-state index is -0.562. The Labute approximate surface area is 130 Å². The summed E-state index contributed by atoms with van der Waals surface area (Å²) in [4.78, 5) is 33.2. The van der Waals surface area contributed by atoms with Crippen molar-refractivity contribution in [3.63, 3.8) is 0 Å². The molecule has 0 aromatic heterocycles. The zero-order chi connectivity index (χ0) is 16.7. The van der Waals surface area contributed by atoms with Crippen LogP contribution >= 0.6 is 0 Å². The van der Waals surface area contributed by atoms with E-state index < -0.39 is 18.0 Å². The Balaban J connectivity index is 2.77. The quantitative estimate of drug-likeness (QED) is 0.313. The molecule has 0 amide bonds. The van der Waals surface area contributed by atoms with Crippen molar-refractivity contribution in [1.29, 1.82) is 0 Å². The zero-order valence-electron chi connectivity index (χ0n) is 13.3. The van der Waals surface area contributed by atoms with Crippen LogP contribution in [0.2, 0.25) is 0 Å². The summed E-state index contributed by atoms with van der Waals surface area (Å²) in [5, 5.41) is 0. The summed E-state index contributed by atoms with van der Waals surface area (Å²) in [6, 6.07) is 0. The Hall–Kier alpha value is -2.17. The minimum Gasteiger partial charge on any atom is -0.462 e. The molecule has 22 heavy (non-hydrogen) atoms. The summed E-state index contributed by atoms with van der Waals surface area (Å²) in [6.45, 7) is 8.87. The second kappa shape index (κ2) is 8.32. The van der Waals surface area contributed by atoms with Crippen LogP contribution < -0.4 is 0 Å². The molecule has 5 nitrogen and oxygen atoms in total. The van der Waals surface area contributed by atoms with Crippen LogP contribution in [-0.4, -0.2) is 30.9 Å². The Morgan fingerprint density at radius 2 is 2.14 bits per heavy atom. The van der Waals surface area contributed by atoms with Gasteiger partial charge >= 0.3 is 11.9 Å². The maximum atomic E-state index is 11.4. The third kappa shape index (κ3) is 5.31. The fourth-order valence-electron chi connectivity index (χ4n) is 2.17. The second-order valence-corrected chi connectivity index (χ2v) is 5.42. The van der Waals surface area contributed by atoms with Crippen LogP contribution in [0.15, 0.2) is 35.5 Å². The first-order chi connectivity index (χ1) is 10.3. The van der Waals surface area contributed by atoms with Crippen LogP contribution in [0.1, 0.15) is 33.6 Å². The number of allylic oxidation sites excluding steroid dienone is 3. The summed E-state index contributed by atoms with van der Waals surface area (Å²) in [6.07, 6.45) is 5.38. The number of hydrogen-bond donors (Lipinski definition) is 0. The molecular weight excluding hydrogens is 284 g/mol. The molecule has 0 saturated carbocycles. The lowest BCUT2D eigenvalue weighted by Crippen LogP contribution is -2.26. The monoisotopic (exact) mass is 306 g/mol. The molecular formula is C17H22O5. The standard InChI is InChI=1S/C17H22O5/c1-11(6-5-7-12(2)9-18)8-16(22-14(4)19)15-10-21-17(20)13(15)3/h7-9,15-16H,3,5-6,10H2,1-2,4H3/b11-8+,12-7+/t15-,16+/m0/s1. The highest BCUT2D eigenvalue weighted by Gasteiger charge is 2.36. The van der Waals surface area contributed by atoms with Crippen LogP contribution in [0.4, 0.5) is 0 Å². The van der Waals surface area contributed by atoms with Crippen molar-refractivity contribution >= 4 is 18.2 Å². The summed E-state index contributed by atoms with van der Waals surface area (Å²) >= 11 is 0. The van der Waals surface area contributed by atoms with Crippen molar-refractivity contribution in [3.05, 3.63) is 35.5 Å². The lowest BCUT2D eigenvalue weighted by Gasteiger charge is -2.19. The second-order valence-electron chi connectivity index (χ2n) is 5.42. The van der Waals surface area contributed by atoms with E-state index in [0.717, 1.165) is 24.7 Å².